The number of para-hydroxylation sites is 1. The van der Waals surface area contributed by atoms with Gasteiger partial charge >= 0.3 is 18.3 Å². The Kier molecular flexibility index (Phi) is 28.4. The minimum Gasteiger partial charge on any atom is -0.465 e. The van der Waals surface area contributed by atoms with Crippen LogP contribution in [-0.4, -0.2) is 33.6 Å². The van der Waals surface area contributed by atoms with E-state index in [4.69, 9.17) is 24.9 Å². The number of carbonyl (C=O) groups is 3. The number of primary amides is 2. The van der Waals surface area contributed by atoms with E-state index < -0.39 is 18.3 Å². The Balaban J connectivity index is -0.0000000673. The second-order valence-electron chi connectivity index (χ2n) is 2.47. The Hall–Kier alpha value is -2.97. The van der Waals surface area contributed by atoms with Crippen LogP contribution in [0.3, 0.4) is 0 Å². The van der Waals surface area contributed by atoms with E-state index in [1.165, 1.54) is 0 Å². The minimum absolute atomic E-state index is 0. The van der Waals surface area contributed by atoms with Gasteiger partial charge in [-0.1, -0.05) is 40.5 Å². The molecule has 0 fully saturated rings. The molecule has 0 aromatic heterocycles. The molecule has 124 valence electrons. The number of benzene rings is 1. The van der Waals surface area contributed by atoms with Crippen LogP contribution in [0.5, 0.6) is 0 Å². The Morgan fingerprint density at radius 3 is 1.33 bits per heavy atom. The Morgan fingerprint density at radius 1 is 0.810 bits per heavy atom. The molecule has 0 aliphatic carbocycles. The Bertz CT molecular complexity index is 364. The molecule has 0 saturated heterocycles. The summed E-state index contributed by atoms with van der Waals surface area (Å²) in [4.78, 5) is 27.6. The van der Waals surface area contributed by atoms with Crippen molar-refractivity contribution in [1.82, 2.24) is 0 Å². The molecular formula is C12H25N3O6. The summed E-state index contributed by atoms with van der Waals surface area (Å²) in [6, 6.07) is 8.74. The van der Waals surface area contributed by atoms with Gasteiger partial charge in [-0.15, -0.1) is 0 Å². The van der Waals surface area contributed by atoms with Gasteiger partial charge in [0.25, 0.3) is 0 Å². The standard InChI is InChI=1S/C7H7NO2.2CH3NO2.3CH4/c9-7(10)8-6-4-2-1-3-5-6;2*2-1(3)4;;;/h1-5,8H,(H,9,10);2*2H2,(H,3,4);3*1H4. The molecule has 0 bridgehead atoms. The highest BCUT2D eigenvalue weighted by molar-refractivity contribution is 5.82. The predicted octanol–water partition coefficient (Wildman–Crippen LogP) is 2.93. The van der Waals surface area contributed by atoms with Gasteiger partial charge in [-0.2, -0.15) is 0 Å². The smallest absolute Gasteiger partial charge is 0.409 e. The van der Waals surface area contributed by atoms with Crippen LogP contribution in [0.1, 0.15) is 22.3 Å². The molecule has 8 N–H and O–H groups in total. The van der Waals surface area contributed by atoms with E-state index in [1.54, 1.807) is 24.3 Å². The average molecular weight is 307 g/mol. The van der Waals surface area contributed by atoms with E-state index in [-0.39, 0.29) is 22.3 Å². The van der Waals surface area contributed by atoms with E-state index in [0.717, 1.165) is 0 Å². The van der Waals surface area contributed by atoms with Crippen LogP contribution in [0.25, 0.3) is 0 Å². The number of amides is 3. The van der Waals surface area contributed by atoms with E-state index in [2.05, 4.69) is 16.8 Å². The summed E-state index contributed by atoms with van der Waals surface area (Å²) in [6.07, 6.45) is -3.70. The topological polar surface area (TPSA) is 176 Å². The SMILES string of the molecule is C.C.C.NC(=O)O.NC(=O)O.O=C(O)Nc1ccccc1. The van der Waals surface area contributed by atoms with Crippen molar-refractivity contribution in [2.75, 3.05) is 5.32 Å². The van der Waals surface area contributed by atoms with Crippen LogP contribution in [0.4, 0.5) is 20.1 Å². The maximum absolute atomic E-state index is 10.1. The molecule has 0 saturated carbocycles. The zero-order valence-electron chi connectivity index (χ0n) is 9.11. The van der Waals surface area contributed by atoms with Crippen molar-refractivity contribution in [3.8, 4) is 0 Å². The lowest BCUT2D eigenvalue weighted by Crippen LogP contribution is -2.06. The molecule has 0 aliphatic rings. The number of anilines is 1. The molecule has 1 aromatic rings. The van der Waals surface area contributed by atoms with Gasteiger partial charge in [0, 0.05) is 5.69 Å². The third-order valence-electron chi connectivity index (χ3n) is 1.03. The number of rotatable bonds is 1. The molecule has 0 aliphatic heterocycles. The van der Waals surface area contributed by atoms with E-state index in [0.29, 0.717) is 5.69 Å². The van der Waals surface area contributed by atoms with E-state index in [9.17, 15) is 4.79 Å². The highest BCUT2D eigenvalue weighted by Crippen LogP contribution is 2.03. The summed E-state index contributed by atoms with van der Waals surface area (Å²) >= 11 is 0. The summed E-state index contributed by atoms with van der Waals surface area (Å²) in [6.45, 7) is 0. The summed E-state index contributed by atoms with van der Waals surface area (Å²) in [5.74, 6) is 0. The third kappa shape index (κ3) is 47.2. The molecule has 0 spiro atoms. The van der Waals surface area contributed by atoms with Gasteiger partial charge in [-0.25, -0.2) is 14.4 Å². The largest absolute Gasteiger partial charge is 0.465 e. The summed E-state index contributed by atoms with van der Waals surface area (Å²) < 4.78 is 0. The van der Waals surface area contributed by atoms with Crippen molar-refractivity contribution in [3.63, 3.8) is 0 Å². The normalized spacial score (nSPS) is 6.48. The average Bonchev–Trinajstić information content (AvgIpc) is 2.16. The molecule has 1 aromatic carbocycles. The molecule has 9 nitrogen and oxygen atoms in total. The van der Waals surface area contributed by atoms with Gasteiger partial charge in [-0.3, -0.25) is 5.32 Å². The number of nitrogens with one attached hydrogen (secondary N) is 1. The van der Waals surface area contributed by atoms with Gasteiger partial charge < -0.3 is 26.8 Å². The van der Waals surface area contributed by atoms with Crippen molar-refractivity contribution < 1.29 is 29.7 Å². The molecule has 21 heavy (non-hydrogen) atoms. The minimum atomic E-state index is -1.33. The van der Waals surface area contributed by atoms with Crippen LogP contribution in [0.15, 0.2) is 30.3 Å². The Morgan fingerprint density at radius 2 is 1.10 bits per heavy atom. The van der Waals surface area contributed by atoms with Crippen LogP contribution < -0.4 is 16.8 Å². The summed E-state index contributed by atoms with van der Waals surface area (Å²) in [7, 11) is 0. The fourth-order valence-electron chi connectivity index (χ4n) is 0.645. The molecule has 9 heteroatoms. The van der Waals surface area contributed by atoms with Crippen molar-refractivity contribution >= 4 is 24.0 Å². The van der Waals surface area contributed by atoms with Gasteiger partial charge in [-0.05, 0) is 12.1 Å². The molecule has 3 amide bonds. The van der Waals surface area contributed by atoms with E-state index >= 15 is 0 Å². The van der Waals surface area contributed by atoms with Crippen molar-refractivity contribution in [1.29, 1.82) is 0 Å². The lowest BCUT2D eigenvalue weighted by molar-refractivity contribution is 0.204. The zero-order chi connectivity index (χ0) is 14.6. The first-order valence-electron chi connectivity index (χ1n) is 4.27. The van der Waals surface area contributed by atoms with Gasteiger partial charge in [0.1, 0.15) is 0 Å². The number of hydrogen-bond acceptors (Lipinski definition) is 3. The van der Waals surface area contributed by atoms with Gasteiger partial charge in [0.2, 0.25) is 0 Å². The fraction of sp³-hybridized carbons (Fsp3) is 0.250. The van der Waals surface area contributed by atoms with Crippen molar-refractivity contribution in [3.05, 3.63) is 30.3 Å². The highest BCUT2D eigenvalue weighted by Gasteiger charge is 1.93. The van der Waals surface area contributed by atoms with Crippen LogP contribution in [0, 0.1) is 0 Å². The van der Waals surface area contributed by atoms with E-state index in [1.807, 2.05) is 6.07 Å². The molecule has 0 radical (unpaired) electrons. The first kappa shape index (κ1) is 30.8. The first-order chi connectivity index (χ1) is 8.25. The predicted molar refractivity (Wildman–Crippen MR) is 82.7 cm³/mol. The van der Waals surface area contributed by atoms with Crippen molar-refractivity contribution in [2.45, 2.75) is 22.3 Å². The zero-order valence-corrected chi connectivity index (χ0v) is 9.11. The fourth-order valence-corrected chi connectivity index (χ4v) is 0.645. The number of nitrogens with two attached hydrogens (primary N) is 2. The molecular weight excluding hydrogens is 282 g/mol. The van der Waals surface area contributed by atoms with Crippen LogP contribution in [-0.2, 0) is 0 Å². The lowest BCUT2D eigenvalue weighted by atomic mass is 10.3. The number of carboxylic acid groups (broad SMARTS) is 3. The third-order valence-corrected chi connectivity index (χ3v) is 1.03. The monoisotopic (exact) mass is 307 g/mol. The molecule has 0 heterocycles. The Labute approximate surface area is 124 Å². The van der Waals surface area contributed by atoms with Crippen LogP contribution >= 0.6 is 0 Å². The second kappa shape index (κ2) is 19.4. The maximum atomic E-state index is 10.1. The second-order valence-corrected chi connectivity index (χ2v) is 2.47. The van der Waals surface area contributed by atoms with Gasteiger partial charge in [0.15, 0.2) is 0 Å². The van der Waals surface area contributed by atoms with Crippen LogP contribution in [0.2, 0.25) is 0 Å². The number of hydrogen-bond donors (Lipinski definition) is 6. The van der Waals surface area contributed by atoms with Crippen molar-refractivity contribution in [2.24, 2.45) is 11.5 Å². The highest BCUT2D eigenvalue weighted by atomic mass is 16.4. The maximum Gasteiger partial charge on any atom is 0.409 e. The molecule has 0 unspecified atom stereocenters. The quantitative estimate of drug-likeness (QED) is 0.464. The lowest BCUT2D eigenvalue weighted by Gasteiger charge is -1.96. The summed E-state index contributed by atoms with van der Waals surface area (Å²) in [5, 5.41) is 24.9. The molecule has 1 rings (SSSR count). The summed E-state index contributed by atoms with van der Waals surface area (Å²) in [5.41, 5.74) is 8.65. The van der Waals surface area contributed by atoms with Gasteiger partial charge in [0.05, 0.1) is 0 Å². The first-order valence-corrected chi connectivity index (χ1v) is 4.27. The molecule has 0 atom stereocenters.